The van der Waals surface area contributed by atoms with Crippen LogP contribution in [-0.4, -0.2) is 35.1 Å². The lowest BCUT2D eigenvalue weighted by atomic mass is 9.92. The molecule has 0 spiro atoms. The zero-order chi connectivity index (χ0) is 14.7. The van der Waals surface area contributed by atoms with Gasteiger partial charge < -0.3 is 5.32 Å². The molecule has 0 bridgehead atoms. The molecule has 0 amide bonds. The predicted molar refractivity (Wildman–Crippen MR) is 84.6 cm³/mol. The first-order chi connectivity index (χ1) is 9.50. The molecular formula is C17H29N3. The minimum Gasteiger partial charge on any atom is -0.311 e. The Morgan fingerprint density at radius 1 is 1.15 bits per heavy atom. The van der Waals surface area contributed by atoms with Crippen molar-refractivity contribution in [3.8, 4) is 0 Å². The lowest BCUT2D eigenvalue weighted by molar-refractivity contribution is 0.0498. The first-order valence-corrected chi connectivity index (χ1v) is 7.90. The lowest BCUT2D eigenvalue weighted by Gasteiger charge is -2.46. The molecule has 1 aliphatic rings. The smallest absolute Gasteiger partial charge is 0.0572 e. The molecule has 0 aromatic carbocycles. The minimum atomic E-state index is 0.381. The van der Waals surface area contributed by atoms with E-state index in [1.807, 2.05) is 12.3 Å². The molecule has 0 saturated carbocycles. The topological polar surface area (TPSA) is 28.2 Å². The molecule has 3 nitrogen and oxygen atoms in total. The first-order valence-electron chi connectivity index (χ1n) is 7.90. The second-order valence-electron chi connectivity index (χ2n) is 6.70. The van der Waals surface area contributed by atoms with Crippen LogP contribution in [0.25, 0.3) is 0 Å². The van der Waals surface area contributed by atoms with Gasteiger partial charge in [0.15, 0.2) is 0 Å². The van der Waals surface area contributed by atoms with Crippen LogP contribution in [0.4, 0.5) is 0 Å². The SMILES string of the molecule is CC(C)C1CN(C(C)c2ccccn2)C(C(C)C)CN1. The average molecular weight is 275 g/mol. The highest BCUT2D eigenvalue weighted by molar-refractivity contribution is 5.09. The molecule has 112 valence electrons. The monoisotopic (exact) mass is 275 g/mol. The van der Waals surface area contributed by atoms with Crippen LogP contribution in [0.15, 0.2) is 24.4 Å². The van der Waals surface area contributed by atoms with Crippen molar-refractivity contribution in [2.24, 2.45) is 11.8 Å². The van der Waals surface area contributed by atoms with Gasteiger partial charge in [0.2, 0.25) is 0 Å². The third-order valence-electron chi connectivity index (χ3n) is 4.61. The van der Waals surface area contributed by atoms with E-state index < -0.39 is 0 Å². The number of rotatable bonds is 4. The minimum absolute atomic E-state index is 0.381. The van der Waals surface area contributed by atoms with Crippen molar-refractivity contribution in [3.63, 3.8) is 0 Å². The van der Waals surface area contributed by atoms with E-state index in [-0.39, 0.29) is 0 Å². The Kier molecular flexibility index (Phi) is 5.17. The number of hydrogen-bond acceptors (Lipinski definition) is 3. The van der Waals surface area contributed by atoms with Crippen LogP contribution in [0.1, 0.15) is 46.4 Å². The number of piperazine rings is 1. The van der Waals surface area contributed by atoms with Gasteiger partial charge in [-0.05, 0) is 30.9 Å². The summed E-state index contributed by atoms with van der Waals surface area (Å²) >= 11 is 0. The van der Waals surface area contributed by atoms with Crippen LogP contribution in [0.5, 0.6) is 0 Å². The van der Waals surface area contributed by atoms with Gasteiger partial charge in [-0.2, -0.15) is 0 Å². The Bertz CT molecular complexity index is 402. The summed E-state index contributed by atoms with van der Waals surface area (Å²) in [5, 5.41) is 3.72. The Morgan fingerprint density at radius 3 is 2.45 bits per heavy atom. The molecule has 2 heterocycles. The number of pyridine rings is 1. The van der Waals surface area contributed by atoms with E-state index >= 15 is 0 Å². The van der Waals surface area contributed by atoms with Crippen molar-refractivity contribution in [1.82, 2.24) is 15.2 Å². The zero-order valence-corrected chi connectivity index (χ0v) is 13.5. The normalized spacial score (nSPS) is 26.1. The highest BCUT2D eigenvalue weighted by atomic mass is 15.3. The molecule has 1 aromatic rings. The van der Waals surface area contributed by atoms with E-state index in [0.717, 1.165) is 13.1 Å². The maximum absolute atomic E-state index is 4.56. The Morgan fingerprint density at radius 2 is 1.90 bits per heavy atom. The van der Waals surface area contributed by atoms with Gasteiger partial charge in [-0.25, -0.2) is 0 Å². The predicted octanol–water partition coefficient (Wildman–Crippen LogP) is 3.10. The maximum Gasteiger partial charge on any atom is 0.0572 e. The van der Waals surface area contributed by atoms with Crippen LogP contribution in [-0.2, 0) is 0 Å². The van der Waals surface area contributed by atoms with Crippen molar-refractivity contribution in [2.45, 2.75) is 52.7 Å². The van der Waals surface area contributed by atoms with Crippen LogP contribution >= 0.6 is 0 Å². The van der Waals surface area contributed by atoms with Gasteiger partial charge in [0.1, 0.15) is 0 Å². The summed E-state index contributed by atoms with van der Waals surface area (Å²) in [7, 11) is 0. The number of aromatic nitrogens is 1. The summed E-state index contributed by atoms with van der Waals surface area (Å²) < 4.78 is 0. The number of nitrogens with zero attached hydrogens (tertiary/aromatic N) is 2. The summed E-state index contributed by atoms with van der Waals surface area (Å²) in [5.74, 6) is 1.32. The molecule has 3 unspecified atom stereocenters. The zero-order valence-electron chi connectivity index (χ0n) is 13.5. The largest absolute Gasteiger partial charge is 0.311 e. The Labute approximate surface area is 123 Å². The van der Waals surface area contributed by atoms with E-state index in [2.05, 4.69) is 62.0 Å². The standard InChI is InChI=1S/C17H29N3/c1-12(2)16-11-20(17(10-19-16)13(3)4)14(5)15-8-6-7-9-18-15/h6-9,12-14,16-17,19H,10-11H2,1-5H3. The highest BCUT2D eigenvalue weighted by Gasteiger charge is 2.34. The number of nitrogens with one attached hydrogen (secondary N) is 1. The van der Waals surface area contributed by atoms with E-state index in [9.17, 15) is 0 Å². The second-order valence-corrected chi connectivity index (χ2v) is 6.70. The van der Waals surface area contributed by atoms with Gasteiger partial charge in [-0.15, -0.1) is 0 Å². The highest BCUT2D eigenvalue weighted by Crippen LogP contribution is 2.27. The average Bonchev–Trinajstić information content (AvgIpc) is 2.46. The molecule has 3 atom stereocenters. The molecule has 20 heavy (non-hydrogen) atoms. The lowest BCUT2D eigenvalue weighted by Crippen LogP contribution is -2.60. The van der Waals surface area contributed by atoms with Crippen LogP contribution < -0.4 is 5.32 Å². The fourth-order valence-corrected chi connectivity index (χ4v) is 3.12. The summed E-state index contributed by atoms with van der Waals surface area (Å²) in [6, 6.07) is 7.77. The fraction of sp³-hybridized carbons (Fsp3) is 0.706. The molecular weight excluding hydrogens is 246 g/mol. The van der Waals surface area contributed by atoms with Crippen molar-refractivity contribution in [1.29, 1.82) is 0 Å². The molecule has 3 heteroatoms. The summed E-state index contributed by atoms with van der Waals surface area (Å²) in [5.41, 5.74) is 1.18. The van der Waals surface area contributed by atoms with E-state index in [1.165, 1.54) is 5.69 Å². The Hall–Kier alpha value is -0.930. The summed E-state index contributed by atoms with van der Waals surface area (Å²) in [6.07, 6.45) is 1.90. The molecule has 1 saturated heterocycles. The van der Waals surface area contributed by atoms with E-state index in [1.54, 1.807) is 0 Å². The van der Waals surface area contributed by atoms with Gasteiger partial charge in [-0.1, -0.05) is 33.8 Å². The third kappa shape index (κ3) is 3.39. The maximum atomic E-state index is 4.56. The molecule has 1 aliphatic heterocycles. The second kappa shape index (κ2) is 6.68. The van der Waals surface area contributed by atoms with Crippen molar-refractivity contribution < 1.29 is 0 Å². The van der Waals surface area contributed by atoms with Crippen molar-refractivity contribution >= 4 is 0 Å². The summed E-state index contributed by atoms with van der Waals surface area (Å²) in [4.78, 5) is 7.20. The molecule has 1 fully saturated rings. The van der Waals surface area contributed by atoms with Gasteiger partial charge >= 0.3 is 0 Å². The fourth-order valence-electron chi connectivity index (χ4n) is 3.12. The molecule has 0 radical (unpaired) electrons. The quantitative estimate of drug-likeness (QED) is 0.915. The Balaban J connectivity index is 2.18. The van der Waals surface area contributed by atoms with Gasteiger partial charge in [0, 0.05) is 37.4 Å². The summed E-state index contributed by atoms with van der Waals surface area (Å²) in [6.45, 7) is 13.7. The molecule has 1 aromatic heterocycles. The van der Waals surface area contributed by atoms with E-state index in [0.29, 0.717) is 30.0 Å². The van der Waals surface area contributed by atoms with Gasteiger partial charge in [0.25, 0.3) is 0 Å². The van der Waals surface area contributed by atoms with E-state index in [4.69, 9.17) is 0 Å². The molecule has 1 N–H and O–H groups in total. The number of hydrogen-bond donors (Lipinski definition) is 1. The van der Waals surface area contributed by atoms with Crippen LogP contribution in [0.2, 0.25) is 0 Å². The molecule has 0 aliphatic carbocycles. The molecule has 2 rings (SSSR count). The van der Waals surface area contributed by atoms with Crippen LogP contribution in [0, 0.1) is 11.8 Å². The third-order valence-corrected chi connectivity index (χ3v) is 4.61. The van der Waals surface area contributed by atoms with Crippen molar-refractivity contribution in [2.75, 3.05) is 13.1 Å². The van der Waals surface area contributed by atoms with Gasteiger partial charge in [0.05, 0.1) is 5.69 Å². The van der Waals surface area contributed by atoms with Crippen molar-refractivity contribution in [3.05, 3.63) is 30.1 Å². The van der Waals surface area contributed by atoms with Crippen LogP contribution in [0.3, 0.4) is 0 Å². The van der Waals surface area contributed by atoms with Gasteiger partial charge in [-0.3, -0.25) is 9.88 Å². The first kappa shape index (κ1) is 15.5.